The average molecular weight is 250 g/mol. The van der Waals surface area contributed by atoms with E-state index in [9.17, 15) is 9.59 Å². The SMILES string of the molecule is CC(=O)c1cnc(NC(=O)C(C)N)s1.Cl. The first-order chi connectivity index (χ1) is 6.50. The highest BCUT2D eigenvalue weighted by atomic mass is 35.5. The number of aromatic nitrogens is 1. The van der Waals surface area contributed by atoms with Crippen molar-refractivity contribution in [3.05, 3.63) is 11.1 Å². The third kappa shape index (κ3) is 3.94. The van der Waals surface area contributed by atoms with E-state index in [1.807, 2.05) is 0 Å². The van der Waals surface area contributed by atoms with E-state index in [1.165, 1.54) is 13.1 Å². The summed E-state index contributed by atoms with van der Waals surface area (Å²) in [4.78, 5) is 26.4. The molecule has 0 radical (unpaired) electrons. The Hall–Kier alpha value is -0.980. The van der Waals surface area contributed by atoms with Crippen LogP contribution in [0.2, 0.25) is 0 Å². The summed E-state index contributed by atoms with van der Waals surface area (Å²) in [5.74, 6) is -0.377. The molecule has 1 rings (SSSR count). The van der Waals surface area contributed by atoms with Crippen LogP contribution in [0.4, 0.5) is 5.13 Å². The standard InChI is InChI=1S/C8H11N3O2S.ClH/c1-4(9)7(13)11-8-10-3-6(14-8)5(2)12;/h3-4H,9H2,1-2H3,(H,10,11,13);1H. The van der Waals surface area contributed by atoms with Crippen LogP contribution in [-0.4, -0.2) is 22.7 Å². The molecule has 84 valence electrons. The maximum Gasteiger partial charge on any atom is 0.242 e. The molecule has 1 aromatic heterocycles. The molecule has 0 spiro atoms. The number of hydrogen-bond donors (Lipinski definition) is 2. The van der Waals surface area contributed by atoms with Gasteiger partial charge in [-0.3, -0.25) is 9.59 Å². The normalized spacial score (nSPS) is 11.4. The van der Waals surface area contributed by atoms with Gasteiger partial charge in [-0.15, -0.1) is 12.4 Å². The topological polar surface area (TPSA) is 85.1 Å². The third-order valence-corrected chi connectivity index (χ3v) is 2.51. The van der Waals surface area contributed by atoms with Crippen LogP contribution < -0.4 is 11.1 Å². The molecule has 0 aliphatic carbocycles. The van der Waals surface area contributed by atoms with Gasteiger partial charge in [-0.1, -0.05) is 11.3 Å². The molecular weight excluding hydrogens is 238 g/mol. The lowest BCUT2D eigenvalue weighted by atomic mass is 10.3. The first-order valence-electron chi connectivity index (χ1n) is 4.04. The Morgan fingerprint density at radius 1 is 1.60 bits per heavy atom. The van der Waals surface area contributed by atoms with Gasteiger partial charge >= 0.3 is 0 Å². The Bertz CT molecular complexity index is 365. The molecule has 0 saturated heterocycles. The van der Waals surface area contributed by atoms with Crippen LogP contribution in [0, 0.1) is 0 Å². The number of rotatable bonds is 3. The van der Waals surface area contributed by atoms with Crippen molar-refractivity contribution in [2.24, 2.45) is 5.73 Å². The fraction of sp³-hybridized carbons (Fsp3) is 0.375. The Morgan fingerprint density at radius 2 is 2.20 bits per heavy atom. The number of carbonyl (C=O) groups excluding carboxylic acids is 2. The Balaban J connectivity index is 0.00000196. The summed E-state index contributed by atoms with van der Waals surface area (Å²) in [6.45, 7) is 3.03. The third-order valence-electron chi connectivity index (χ3n) is 1.50. The number of nitrogens with zero attached hydrogens (tertiary/aromatic N) is 1. The predicted molar refractivity (Wildman–Crippen MR) is 61.6 cm³/mol. The van der Waals surface area contributed by atoms with Crippen molar-refractivity contribution in [1.82, 2.24) is 4.98 Å². The first-order valence-corrected chi connectivity index (χ1v) is 4.85. The number of ketones is 1. The van der Waals surface area contributed by atoms with Crippen molar-refractivity contribution < 1.29 is 9.59 Å². The van der Waals surface area contributed by atoms with E-state index in [0.29, 0.717) is 10.0 Å². The molecule has 3 N–H and O–H groups in total. The molecule has 5 nitrogen and oxygen atoms in total. The van der Waals surface area contributed by atoms with Crippen molar-refractivity contribution in [2.45, 2.75) is 19.9 Å². The van der Waals surface area contributed by atoms with Crippen molar-refractivity contribution in [1.29, 1.82) is 0 Å². The van der Waals surface area contributed by atoms with E-state index in [1.54, 1.807) is 6.92 Å². The molecule has 0 fully saturated rings. The lowest BCUT2D eigenvalue weighted by Crippen LogP contribution is -2.32. The molecule has 0 aliphatic heterocycles. The van der Waals surface area contributed by atoms with Gasteiger partial charge in [-0.05, 0) is 6.92 Å². The maximum atomic E-state index is 11.1. The highest BCUT2D eigenvalue weighted by Crippen LogP contribution is 2.18. The van der Waals surface area contributed by atoms with Crippen LogP contribution in [0.5, 0.6) is 0 Å². The lowest BCUT2D eigenvalue weighted by Gasteiger charge is -2.02. The van der Waals surface area contributed by atoms with E-state index in [4.69, 9.17) is 5.73 Å². The van der Waals surface area contributed by atoms with Crippen LogP contribution in [0.15, 0.2) is 6.20 Å². The predicted octanol–water partition coefficient (Wildman–Crippen LogP) is 1.05. The molecule has 0 bridgehead atoms. The van der Waals surface area contributed by atoms with Crippen molar-refractivity contribution >= 4 is 40.6 Å². The lowest BCUT2D eigenvalue weighted by molar-refractivity contribution is -0.117. The number of hydrogen-bond acceptors (Lipinski definition) is 5. The Kier molecular flexibility index (Phi) is 5.41. The number of anilines is 1. The highest BCUT2D eigenvalue weighted by Gasteiger charge is 2.11. The second-order valence-electron chi connectivity index (χ2n) is 2.86. The largest absolute Gasteiger partial charge is 0.320 e. The summed E-state index contributed by atoms with van der Waals surface area (Å²) in [6, 6.07) is -0.584. The number of carbonyl (C=O) groups is 2. The van der Waals surface area contributed by atoms with Crippen LogP contribution in [-0.2, 0) is 4.79 Å². The van der Waals surface area contributed by atoms with Gasteiger partial charge in [0, 0.05) is 6.92 Å². The van der Waals surface area contributed by atoms with Crippen molar-refractivity contribution in [2.75, 3.05) is 5.32 Å². The van der Waals surface area contributed by atoms with Crippen LogP contribution in [0.1, 0.15) is 23.5 Å². The van der Waals surface area contributed by atoms with Gasteiger partial charge in [-0.25, -0.2) is 4.98 Å². The average Bonchev–Trinajstić information content (AvgIpc) is 2.52. The summed E-state index contributed by atoms with van der Waals surface area (Å²) in [6.07, 6.45) is 1.43. The molecule has 0 aliphatic rings. The molecule has 0 saturated carbocycles. The molecule has 1 atom stereocenters. The van der Waals surface area contributed by atoms with Crippen LogP contribution in [0.25, 0.3) is 0 Å². The van der Waals surface area contributed by atoms with Crippen LogP contribution in [0.3, 0.4) is 0 Å². The quantitative estimate of drug-likeness (QED) is 0.785. The molecule has 0 aromatic carbocycles. The number of nitrogens with one attached hydrogen (secondary N) is 1. The molecular formula is C8H12ClN3O2S. The van der Waals surface area contributed by atoms with Gasteiger partial charge in [0.2, 0.25) is 5.91 Å². The molecule has 1 unspecified atom stereocenters. The van der Waals surface area contributed by atoms with E-state index in [2.05, 4.69) is 10.3 Å². The summed E-state index contributed by atoms with van der Waals surface area (Å²) in [5.41, 5.74) is 5.35. The molecule has 1 amide bonds. The van der Waals surface area contributed by atoms with Gasteiger partial charge in [0.05, 0.1) is 17.1 Å². The molecule has 15 heavy (non-hydrogen) atoms. The maximum absolute atomic E-state index is 11.1. The van der Waals surface area contributed by atoms with Crippen LogP contribution >= 0.6 is 23.7 Å². The summed E-state index contributed by atoms with van der Waals surface area (Å²) < 4.78 is 0. The second kappa shape index (κ2) is 5.79. The molecule has 1 heterocycles. The fourth-order valence-corrected chi connectivity index (χ4v) is 1.43. The number of thiazole rings is 1. The Labute approximate surface area is 97.5 Å². The van der Waals surface area contributed by atoms with E-state index in [0.717, 1.165) is 11.3 Å². The zero-order chi connectivity index (χ0) is 10.7. The molecule has 1 aromatic rings. The molecule has 7 heteroatoms. The zero-order valence-corrected chi connectivity index (χ0v) is 9.95. The number of Topliss-reactive ketones (excluding diaryl/α,β-unsaturated/α-hetero) is 1. The van der Waals surface area contributed by atoms with Gasteiger partial charge in [0.25, 0.3) is 0 Å². The smallest absolute Gasteiger partial charge is 0.242 e. The second-order valence-corrected chi connectivity index (χ2v) is 3.89. The minimum atomic E-state index is -0.584. The zero-order valence-electron chi connectivity index (χ0n) is 8.31. The number of nitrogens with two attached hydrogens (primary N) is 1. The Morgan fingerprint density at radius 3 is 2.60 bits per heavy atom. The van der Waals surface area contributed by atoms with Gasteiger partial charge in [0.15, 0.2) is 10.9 Å². The van der Waals surface area contributed by atoms with E-state index >= 15 is 0 Å². The monoisotopic (exact) mass is 249 g/mol. The summed E-state index contributed by atoms with van der Waals surface area (Å²) in [7, 11) is 0. The number of halogens is 1. The summed E-state index contributed by atoms with van der Waals surface area (Å²) >= 11 is 1.14. The first kappa shape index (κ1) is 14.0. The van der Waals surface area contributed by atoms with Crippen molar-refractivity contribution in [3.8, 4) is 0 Å². The van der Waals surface area contributed by atoms with Gasteiger partial charge < -0.3 is 11.1 Å². The van der Waals surface area contributed by atoms with Gasteiger partial charge in [0.1, 0.15) is 0 Å². The van der Waals surface area contributed by atoms with E-state index in [-0.39, 0.29) is 24.1 Å². The van der Waals surface area contributed by atoms with Crippen molar-refractivity contribution in [3.63, 3.8) is 0 Å². The summed E-state index contributed by atoms with van der Waals surface area (Å²) in [5, 5.41) is 2.91. The number of amides is 1. The van der Waals surface area contributed by atoms with Gasteiger partial charge in [-0.2, -0.15) is 0 Å². The van der Waals surface area contributed by atoms with E-state index < -0.39 is 6.04 Å². The fourth-order valence-electron chi connectivity index (χ4n) is 0.714. The minimum absolute atomic E-state index is 0. The highest BCUT2D eigenvalue weighted by molar-refractivity contribution is 7.17. The minimum Gasteiger partial charge on any atom is -0.320 e.